The van der Waals surface area contributed by atoms with Crippen molar-refractivity contribution in [1.82, 2.24) is 10.2 Å². The Bertz CT molecular complexity index is 457. The van der Waals surface area contributed by atoms with Crippen molar-refractivity contribution in [3.05, 3.63) is 39.9 Å². The molecule has 0 aliphatic heterocycles. The fraction of sp³-hybridized carbons (Fsp3) is 0.200. The Morgan fingerprint density at radius 3 is 2.56 bits per heavy atom. The van der Waals surface area contributed by atoms with E-state index in [9.17, 15) is 0 Å². The highest BCUT2D eigenvalue weighted by molar-refractivity contribution is 7.15. The molecule has 0 aliphatic rings. The van der Waals surface area contributed by atoms with Crippen LogP contribution >= 0.6 is 22.9 Å². The molecule has 2 rings (SSSR count). The number of anilines is 1. The first-order chi connectivity index (χ1) is 7.74. The fourth-order valence-corrected chi connectivity index (χ4v) is 1.83. The van der Waals surface area contributed by atoms with Gasteiger partial charge in [0.15, 0.2) is 0 Å². The molecule has 0 radical (unpaired) electrons. The van der Waals surface area contributed by atoms with Crippen LogP contribution in [0.5, 0.6) is 0 Å². The smallest absolute Gasteiger partial charge is 0.203 e. The van der Waals surface area contributed by atoms with Gasteiger partial charge in [0, 0.05) is 5.02 Å². The molecule has 0 unspecified atom stereocenters. The lowest BCUT2D eigenvalue weighted by Crippen LogP contribution is -1.93. The first kappa shape index (κ1) is 11.3. The van der Waals surface area contributed by atoms with Gasteiger partial charge in [-0.25, -0.2) is 0 Å². The minimum absolute atomic E-state index is 0.428. The molecule has 2 N–H and O–H groups in total. The summed E-state index contributed by atoms with van der Waals surface area (Å²) in [5, 5.41) is 9.53. The second-order valence-corrected chi connectivity index (χ2v) is 4.68. The Balaban J connectivity index is 1.82. The molecule has 0 bridgehead atoms. The molecule has 4 nitrogen and oxygen atoms in total. The Morgan fingerprint density at radius 2 is 1.94 bits per heavy atom. The second kappa shape index (κ2) is 5.25. The molecule has 0 aliphatic carbocycles. The number of nitrogens with zero attached hydrogens (tertiary/aromatic N) is 2. The molecule has 84 valence electrons. The largest absolute Gasteiger partial charge is 0.374 e. The van der Waals surface area contributed by atoms with E-state index in [-0.39, 0.29) is 0 Å². The lowest BCUT2D eigenvalue weighted by molar-refractivity contribution is 0.106. The molecule has 0 amide bonds. The minimum atomic E-state index is 0.428. The summed E-state index contributed by atoms with van der Waals surface area (Å²) in [6, 6.07) is 7.53. The predicted octanol–water partition coefficient (Wildman–Crippen LogP) is 2.49. The topological polar surface area (TPSA) is 61.0 Å². The van der Waals surface area contributed by atoms with E-state index in [2.05, 4.69) is 10.2 Å². The fourth-order valence-electron chi connectivity index (χ4n) is 1.16. The number of nitrogen functional groups attached to an aromatic ring is 1. The Labute approximate surface area is 102 Å². The average molecular weight is 256 g/mol. The van der Waals surface area contributed by atoms with Crippen molar-refractivity contribution in [3.8, 4) is 0 Å². The van der Waals surface area contributed by atoms with Crippen LogP contribution in [0.1, 0.15) is 10.6 Å². The maximum Gasteiger partial charge on any atom is 0.203 e. The van der Waals surface area contributed by atoms with Gasteiger partial charge >= 0.3 is 0 Å². The number of nitrogens with two attached hydrogens (primary N) is 1. The van der Waals surface area contributed by atoms with Crippen LogP contribution in [-0.4, -0.2) is 10.2 Å². The van der Waals surface area contributed by atoms with Crippen LogP contribution in [0.25, 0.3) is 0 Å². The van der Waals surface area contributed by atoms with Crippen molar-refractivity contribution >= 4 is 28.1 Å². The normalized spacial score (nSPS) is 10.6. The molecule has 0 saturated heterocycles. The van der Waals surface area contributed by atoms with Crippen molar-refractivity contribution in [2.45, 2.75) is 13.2 Å². The first-order valence-electron chi connectivity index (χ1n) is 4.64. The van der Waals surface area contributed by atoms with E-state index in [1.165, 1.54) is 11.3 Å². The summed E-state index contributed by atoms with van der Waals surface area (Å²) < 4.78 is 5.47. The molecule has 2 aromatic rings. The number of benzene rings is 1. The van der Waals surface area contributed by atoms with Crippen molar-refractivity contribution < 1.29 is 4.74 Å². The van der Waals surface area contributed by atoms with Gasteiger partial charge in [-0.1, -0.05) is 35.1 Å². The first-order valence-corrected chi connectivity index (χ1v) is 5.83. The molecule has 1 aromatic carbocycles. The maximum absolute atomic E-state index is 5.77. The third-order valence-electron chi connectivity index (χ3n) is 1.89. The molecule has 0 atom stereocenters. The van der Waals surface area contributed by atoms with E-state index >= 15 is 0 Å². The van der Waals surface area contributed by atoms with E-state index in [0.717, 1.165) is 15.6 Å². The van der Waals surface area contributed by atoms with Crippen LogP contribution < -0.4 is 5.73 Å². The van der Waals surface area contributed by atoms with Gasteiger partial charge in [-0.15, -0.1) is 10.2 Å². The molecular weight excluding hydrogens is 246 g/mol. The van der Waals surface area contributed by atoms with Crippen LogP contribution in [0.2, 0.25) is 5.02 Å². The predicted molar refractivity (Wildman–Crippen MR) is 64.3 cm³/mol. The summed E-state index contributed by atoms with van der Waals surface area (Å²) in [6.45, 7) is 0.953. The summed E-state index contributed by atoms with van der Waals surface area (Å²) in [4.78, 5) is 0. The number of hydrogen-bond acceptors (Lipinski definition) is 5. The van der Waals surface area contributed by atoms with Crippen molar-refractivity contribution in [3.63, 3.8) is 0 Å². The molecule has 0 spiro atoms. The zero-order chi connectivity index (χ0) is 11.4. The second-order valence-electron chi connectivity index (χ2n) is 3.15. The summed E-state index contributed by atoms with van der Waals surface area (Å²) >= 11 is 7.11. The lowest BCUT2D eigenvalue weighted by atomic mass is 10.2. The van der Waals surface area contributed by atoms with Gasteiger partial charge in [-0.3, -0.25) is 0 Å². The van der Waals surface area contributed by atoms with Gasteiger partial charge in [-0.2, -0.15) is 0 Å². The van der Waals surface area contributed by atoms with Crippen LogP contribution in [0.15, 0.2) is 24.3 Å². The quantitative estimate of drug-likeness (QED) is 0.912. The van der Waals surface area contributed by atoms with Crippen molar-refractivity contribution in [1.29, 1.82) is 0 Å². The van der Waals surface area contributed by atoms with E-state index in [1.54, 1.807) is 0 Å². The molecular formula is C10H10ClN3OS. The standard InChI is InChI=1S/C10H10ClN3OS/c11-8-3-1-7(2-4-8)5-15-6-9-13-14-10(12)16-9/h1-4H,5-6H2,(H2,12,14). The third-order valence-corrected chi connectivity index (χ3v) is 2.87. The minimum Gasteiger partial charge on any atom is -0.374 e. The number of ether oxygens (including phenoxy) is 1. The third kappa shape index (κ3) is 3.16. The molecule has 1 aromatic heterocycles. The van der Waals surface area contributed by atoms with Gasteiger partial charge in [0.25, 0.3) is 0 Å². The number of hydrogen-bond donors (Lipinski definition) is 1. The Kier molecular flexibility index (Phi) is 3.71. The van der Waals surface area contributed by atoms with E-state index in [1.807, 2.05) is 24.3 Å². The molecule has 6 heteroatoms. The highest BCUT2D eigenvalue weighted by atomic mass is 35.5. The van der Waals surface area contributed by atoms with E-state index in [0.29, 0.717) is 18.3 Å². The van der Waals surface area contributed by atoms with Crippen LogP contribution in [-0.2, 0) is 18.0 Å². The highest BCUT2D eigenvalue weighted by Gasteiger charge is 2.01. The Morgan fingerprint density at radius 1 is 1.19 bits per heavy atom. The molecule has 0 fully saturated rings. The van der Waals surface area contributed by atoms with Gasteiger partial charge in [0.2, 0.25) is 5.13 Å². The zero-order valence-corrected chi connectivity index (χ0v) is 9.96. The highest BCUT2D eigenvalue weighted by Crippen LogP contribution is 2.14. The SMILES string of the molecule is Nc1nnc(COCc2ccc(Cl)cc2)s1. The monoisotopic (exact) mass is 255 g/mol. The summed E-state index contributed by atoms with van der Waals surface area (Å²) in [7, 11) is 0. The van der Waals surface area contributed by atoms with Gasteiger partial charge < -0.3 is 10.5 Å². The summed E-state index contributed by atoms with van der Waals surface area (Å²) in [6.07, 6.45) is 0. The average Bonchev–Trinajstić information content (AvgIpc) is 2.67. The van der Waals surface area contributed by atoms with Crippen LogP contribution in [0.3, 0.4) is 0 Å². The lowest BCUT2D eigenvalue weighted by Gasteiger charge is -2.01. The zero-order valence-electron chi connectivity index (χ0n) is 8.39. The van der Waals surface area contributed by atoms with Crippen LogP contribution in [0.4, 0.5) is 5.13 Å². The van der Waals surface area contributed by atoms with Crippen molar-refractivity contribution in [2.75, 3.05) is 5.73 Å². The summed E-state index contributed by atoms with van der Waals surface area (Å²) in [5.74, 6) is 0. The molecule has 16 heavy (non-hydrogen) atoms. The van der Waals surface area contributed by atoms with E-state index < -0.39 is 0 Å². The Hall–Kier alpha value is -1.17. The van der Waals surface area contributed by atoms with Gasteiger partial charge in [0.1, 0.15) is 11.6 Å². The molecule has 1 heterocycles. The maximum atomic E-state index is 5.77. The summed E-state index contributed by atoms with van der Waals surface area (Å²) in [5.41, 5.74) is 6.52. The van der Waals surface area contributed by atoms with Crippen LogP contribution in [0, 0.1) is 0 Å². The number of rotatable bonds is 4. The van der Waals surface area contributed by atoms with E-state index in [4.69, 9.17) is 22.1 Å². The molecule has 0 saturated carbocycles. The number of aromatic nitrogens is 2. The number of halogens is 1. The van der Waals surface area contributed by atoms with Crippen molar-refractivity contribution in [2.24, 2.45) is 0 Å². The van der Waals surface area contributed by atoms with Gasteiger partial charge in [-0.05, 0) is 17.7 Å². The van der Waals surface area contributed by atoms with Gasteiger partial charge in [0.05, 0.1) is 6.61 Å².